The number of nitrogens with zero attached hydrogens (tertiary/aromatic N) is 1. The molecule has 1 atom stereocenters. The van der Waals surface area contributed by atoms with Gasteiger partial charge in [-0.25, -0.2) is 0 Å². The van der Waals surface area contributed by atoms with Crippen LogP contribution in [0.15, 0.2) is 0 Å². The average molecular weight is 229 g/mol. The second-order valence-corrected chi connectivity index (χ2v) is 4.54. The van der Waals surface area contributed by atoms with Crippen molar-refractivity contribution in [2.45, 2.75) is 40.0 Å². The Kier molecular flexibility index (Phi) is 6.77. The van der Waals surface area contributed by atoms with Gasteiger partial charge in [-0.05, 0) is 12.3 Å². The maximum atomic E-state index is 12.0. The van der Waals surface area contributed by atoms with Crippen LogP contribution < -0.4 is 0 Å². The summed E-state index contributed by atoms with van der Waals surface area (Å²) in [5, 5.41) is 8.56. The van der Waals surface area contributed by atoms with Crippen LogP contribution in [0.5, 0.6) is 0 Å². The quantitative estimate of drug-likeness (QED) is 0.726. The summed E-state index contributed by atoms with van der Waals surface area (Å²) < 4.78 is 0. The van der Waals surface area contributed by atoms with Crippen molar-refractivity contribution in [3.05, 3.63) is 0 Å². The van der Waals surface area contributed by atoms with E-state index < -0.39 is 5.97 Å². The summed E-state index contributed by atoms with van der Waals surface area (Å²) in [7, 11) is 1.68. The lowest BCUT2D eigenvalue weighted by Crippen LogP contribution is -2.36. The summed E-state index contributed by atoms with van der Waals surface area (Å²) in [6, 6.07) is 0. The Morgan fingerprint density at radius 2 is 1.88 bits per heavy atom. The second-order valence-electron chi connectivity index (χ2n) is 4.54. The molecule has 0 heterocycles. The second kappa shape index (κ2) is 7.25. The van der Waals surface area contributed by atoms with Gasteiger partial charge in [0.25, 0.3) is 0 Å². The summed E-state index contributed by atoms with van der Waals surface area (Å²) in [6.07, 6.45) is 1.86. The van der Waals surface area contributed by atoms with Gasteiger partial charge in [-0.3, -0.25) is 9.59 Å². The molecule has 0 aliphatic rings. The van der Waals surface area contributed by atoms with Gasteiger partial charge >= 0.3 is 5.97 Å². The van der Waals surface area contributed by atoms with Crippen molar-refractivity contribution < 1.29 is 14.7 Å². The normalized spacial score (nSPS) is 12.6. The van der Waals surface area contributed by atoms with Crippen LogP contribution in [0.2, 0.25) is 0 Å². The lowest BCUT2D eigenvalue weighted by atomic mass is 9.90. The van der Waals surface area contributed by atoms with Crippen molar-refractivity contribution >= 4 is 11.9 Å². The van der Waals surface area contributed by atoms with Gasteiger partial charge in [0.05, 0.1) is 6.42 Å². The van der Waals surface area contributed by atoms with Crippen molar-refractivity contribution in [2.24, 2.45) is 11.8 Å². The predicted molar refractivity (Wildman–Crippen MR) is 63.1 cm³/mol. The van der Waals surface area contributed by atoms with Gasteiger partial charge in [-0.15, -0.1) is 0 Å². The van der Waals surface area contributed by atoms with E-state index in [1.807, 2.05) is 13.8 Å². The topological polar surface area (TPSA) is 57.6 Å². The minimum atomic E-state index is -0.865. The molecule has 0 aliphatic carbocycles. The van der Waals surface area contributed by atoms with E-state index in [1.165, 1.54) is 4.90 Å². The first kappa shape index (κ1) is 14.9. The van der Waals surface area contributed by atoms with Crippen molar-refractivity contribution in [2.75, 3.05) is 13.6 Å². The SMILES string of the molecule is CCCC(C(=O)N(C)CCC(=O)O)C(C)C. The van der Waals surface area contributed by atoms with Crippen LogP contribution in [0.1, 0.15) is 40.0 Å². The molecule has 0 aromatic heterocycles. The lowest BCUT2D eigenvalue weighted by Gasteiger charge is -2.25. The van der Waals surface area contributed by atoms with Gasteiger partial charge in [0, 0.05) is 19.5 Å². The predicted octanol–water partition coefficient (Wildman–Crippen LogP) is 1.99. The fraction of sp³-hybridized carbons (Fsp3) is 0.833. The van der Waals surface area contributed by atoms with E-state index >= 15 is 0 Å². The molecule has 16 heavy (non-hydrogen) atoms. The number of rotatable bonds is 7. The van der Waals surface area contributed by atoms with Crippen LogP contribution in [0.25, 0.3) is 0 Å². The number of carbonyl (C=O) groups is 2. The summed E-state index contributed by atoms with van der Waals surface area (Å²) in [5.41, 5.74) is 0. The lowest BCUT2D eigenvalue weighted by molar-refractivity contribution is -0.139. The highest BCUT2D eigenvalue weighted by Gasteiger charge is 2.24. The number of carboxylic acid groups (broad SMARTS) is 1. The van der Waals surface area contributed by atoms with Gasteiger partial charge < -0.3 is 10.0 Å². The minimum absolute atomic E-state index is 0.0131. The Labute approximate surface area is 97.6 Å². The largest absolute Gasteiger partial charge is 0.481 e. The smallest absolute Gasteiger partial charge is 0.305 e. The van der Waals surface area contributed by atoms with E-state index in [-0.39, 0.29) is 18.2 Å². The Morgan fingerprint density at radius 3 is 2.25 bits per heavy atom. The van der Waals surface area contributed by atoms with Gasteiger partial charge in [0.1, 0.15) is 0 Å². The van der Waals surface area contributed by atoms with E-state index in [9.17, 15) is 9.59 Å². The third kappa shape index (κ3) is 5.14. The first-order chi connectivity index (χ1) is 7.40. The molecule has 94 valence electrons. The van der Waals surface area contributed by atoms with Crippen molar-refractivity contribution in [1.82, 2.24) is 4.90 Å². The van der Waals surface area contributed by atoms with Gasteiger partial charge in [-0.2, -0.15) is 0 Å². The van der Waals surface area contributed by atoms with Crippen LogP contribution in [-0.4, -0.2) is 35.5 Å². The molecular weight excluding hydrogens is 206 g/mol. The highest BCUT2D eigenvalue weighted by atomic mass is 16.4. The number of amides is 1. The molecule has 4 nitrogen and oxygen atoms in total. The van der Waals surface area contributed by atoms with E-state index in [2.05, 4.69) is 6.92 Å². The van der Waals surface area contributed by atoms with Crippen LogP contribution >= 0.6 is 0 Å². The zero-order valence-electron chi connectivity index (χ0n) is 10.7. The zero-order chi connectivity index (χ0) is 12.7. The monoisotopic (exact) mass is 229 g/mol. The van der Waals surface area contributed by atoms with Crippen molar-refractivity contribution in [3.8, 4) is 0 Å². The van der Waals surface area contributed by atoms with Gasteiger partial charge in [0.2, 0.25) is 5.91 Å². The molecule has 1 amide bonds. The number of carboxylic acids is 1. The number of hydrogen-bond acceptors (Lipinski definition) is 2. The van der Waals surface area contributed by atoms with Crippen molar-refractivity contribution in [3.63, 3.8) is 0 Å². The molecule has 0 radical (unpaired) electrons. The average Bonchev–Trinajstić information content (AvgIpc) is 2.20. The molecule has 0 saturated carbocycles. The summed E-state index contributed by atoms with van der Waals surface area (Å²) in [5.74, 6) is -0.474. The molecule has 0 aliphatic heterocycles. The van der Waals surface area contributed by atoms with Crippen LogP contribution in [0.3, 0.4) is 0 Å². The number of carbonyl (C=O) groups excluding carboxylic acids is 1. The first-order valence-electron chi connectivity index (χ1n) is 5.86. The zero-order valence-corrected chi connectivity index (χ0v) is 10.7. The Bertz CT molecular complexity index is 238. The molecule has 1 N–H and O–H groups in total. The maximum Gasteiger partial charge on any atom is 0.305 e. The summed E-state index contributed by atoms with van der Waals surface area (Å²) in [6.45, 7) is 6.41. The summed E-state index contributed by atoms with van der Waals surface area (Å²) >= 11 is 0. The van der Waals surface area contributed by atoms with E-state index in [1.54, 1.807) is 7.05 Å². The van der Waals surface area contributed by atoms with Crippen molar-refractivity contribution in [1.29, 1.82) is 0 Å². The molecule has 4 heteroatoms. The first-order valence-corrected chi connectivity index (χ1v) is 5.86. The third-order valence-electron chi connectivity index (χ3n) is 2.76. The molecule has 0 aromatic carbocycles. The van der Waals surface area contributed by atoms with Gasteiger partial charge in [0.15, 0.2) is 0 Å². The molecular formula is C12H23NO3. The molecule has 0 aromatic rings. The fourth-order valence-corrected chi connectivity index (χ4v) is 1.71. The standard InChI is InChI=1S/C12H23NO3/c1-5-6-10(9(2)3)12(16)13(4)8-7-11(14)15/h9-10H,5-8H2,1-4H3,(H,14,15). The van der Waals surface area contributed by atoms with Crippen LogP contribution in [0, 0.1) is 11.8 Å². The Balaban J connectivity index is 4.31. The fourth-order valence-electron chi connectivity index (χ4n) is 1.71. The van der Waals surface area contributed by atoms with Gasteiger partial charge in [-0.1, -0.05) is 27.2 Å². The van der Waals surface area contributed by atoms with Crippen LogP contribution in [0.4, 0.5) is 0 Å². The molecule has 0 fully saturated rings. The highest BCUT2D eigenvalue weighted by Crippen LogP contribution is 2.19. The summed E-state index contributed by atoms with van der Waals surface area (Å²) in [4.78, 5) is 24.0. The highest BCUT2D eigenvalue weighted by molar-refractivity contribution is 5.79. The molecule has 1 unspecified atom stereocenters. The maximum absolute atomic E-state index is 12.0. The minimum Gasteiger partial charge on any atom is -0.481 e. The third-order valence-corrected chi connectivity index (χ3v) is 2.76. The Hall–Kier alpha value is -1.06. The Morgan fingerprint density at radius 1 is 1.31 bits per heavy atom. The molecule has 0 saturated heterocycles. The number of aliphatic carboxylic acids is 1. The molecule has 0 bridgehead atoms. The van der Waals surface area contributed by atoms with Crippen LogP contribution in [-0.2, 0) is 9.59 Å². The number of hydrogen-bond donors (Lipinski definition) is 1. The molecule has 0 spiro atoms. The van der Waals surface area contributed by atoms with E-state index in [0.29, 0.717) is 12.5 Å². The van der Waals surface area contributed by atoms with E-state index in [0.717, 1.165) is 12.8 Å². The van der Waals surface area contributed by atoms with E-state index in [4.69, 9.17) is 5.11 Å². The molecule has 0 rings (SSSR count).